The highest BCUT2D eigenvalue weighted by Gasteiger charge is 2.36. The van der Waals surface area contributed by atoms with Crippen LogP contribution in [0.1, 0.15) is 42.5 Å². The lowest BCUT2D eigenvalue weighted by Crippen LogP contribution is -2.49. The Morgan fingerprint density at radius 1 is 1.33 bits per heavy atom. The zero-order valence-electron chi connectivity index (χ0n) is 8.46. The molecule has 1 saturated carbocycles. The van der Waals surface area contributed by atoms with Gasteiger partial charge in [0.25, 0.3) is 0 Å². The van der Waals surface area contributed by atoms with Crippen LogP contribution in [-0.4, -0.2) is 11.3 Å². The fourth-order valence-corrected chi connectivity index (χ4v) is 3.58. The van der Waals surface area contributed by atoms with Crippen LogP contribution < -0.4 is 5.73 Å². The fourth-order valence-electron chi connectivity index (χ4n) is 2.12. The average Bonchev–Trinajstić information content (AvgIpc) is 2.64. The van der Waals surface area contributed by atoms with E-state index in [1.807, 2.05) is 10.8 Å². The first-order valence-electron chi connectivity index (χ1n) is 5.19. The molecular weight excluding hydrogens is 274 g/mol. The SMILES string of the molecule is NC1(C(=O)c2cscc2Br)CCCCC1. The minimum absolute atomic E-state index is 0.107. The molecule has 1 fully saturated rings. The van der Waals surface area contributed by atoms with Gasteiger partial charge in [0, 0.05) is 20.8 Å². The number of rotatable bonds is 2. The van der Waals surface area contributed by atoms with Crippen molar-refractivity contribution >= 4 is 33.0 Å². The Bertz CT molecular complexity index is 368. The van der Waals surface area contributed by atoms with Crippen LogP contribution in [0.3, 0.4) is 0 Å². The zero-order valence-corrected chi connectivity index (χ0v) is 10.9. The third-order valence-corrected chi connectivity index (χ3v) is 4.76. The molecule has 1 aliphatic carbocycles. The van der Waals surface area contributed by atoms with E-state index in [0.29, 0.717) is 0 Å². The molecule has 2 nitrogen and oxygen atoms in total. The number of nitrogens with two attached hydrogens (primary N) is 1. The molecule has 0 radical (unpaired) electrons. The van der Waals surface area contributed by atoms with Crippen LogP contribution in [0.15, 0.2) is 15.2 Å². The highest BCUT2D eigenvalue weighted by Crippen LogP contribution is 2.32. The highest BCUT2D eigenvalue weighted by atomic mass is 79.9. The van der Waals surface area contributed by atoms with Crippen molar-refractivity contribution in [1.82, 2.24) is 0 Å². The minimum atomic E-state index is -0.609. The molecule has 1 aliphatic rings. The van der Waals surface area contributed by atoms with Crippen LogP contribution in [0, 0.1) is 0 Å². The summed E-state index contributed by atoms with van der Waals surface area (Å²) in [5.41, 5.74) is 6.34. The third kappa shape index (κ3) is 2.17. The highest BCUT2D eigenvalue weighted by molar-refractivity contribution is 9.10. The fraction of sp³-hybridized carbons (Fsp3) is 0.545. The third-order valence-electron chi connectivity index (χ3n) is 3.06. The molecule has 4 heteroatoms. The molecule has 82 valence electrons. The minimum Gasteiger partial charge on any atom is -0.319 e. The standard InChI is InChI=1S/C11H14BrNOS/c12-9-7-15-6-8(9)10(14)11(13)4-2-1-3-5-11/h6-7H,1-5,13H2. The topological polar surface area (TPSA) is 43.1 Å². The van der Waals surface area contributed by atoms with Gasteiger partial charge < -0.3 is 5.73 Å². The molecular formula is C11H14BrNOS. The molecule has 0 spiro atoms. The van der Waals surface area contributed by atoms with E-state index in [4.69, 9.17) is 5.73 Å². The second-order valence-electron chi connectivity index (χ2n) is 4.18. The lowest BCUT2D eigenvalue weighted by Gasteiger charge is -2.31. The Balaban J connectivity index is 2.23. The zero-order chi connectivity index (χ0) is 10.9. The Labute approximate surface area is 102 Å². The second kappa shape index (κ2) is 4.36. The van der Waals surface area contributed by atoms with Crippen LogP contribution in [0.5, 0.6) is 0 Å². The quantitative estimate of drug-likeness (QED) is 0.848. The van der Waals surface area contributed by atoms with E-state index < -0.39 is 5.54 Å². The van der Waals surface area contributed by atoms with Crippen molar-refractivity contribution < 1.29 is 4.79 Å². The summed E-state index contributed by atoms with van der Waals surface area (Å²) in [5.74, 6) is 0.107. The first-order valence-corrected chi connectivity index (χ1v) is 6.92. The number of hydrogen-bond donors (Lipinski definition) is 1. The molecule has 2 N–H and O–H groups in total. The summed E-state index contributed by atoms with van der Waals surface area (Å²) >= 11 is 4.93. The molecule has 1 aromatic rings. The van der Waals surface area contributed by atoms with Crippen molar-refractivity contribution in [2.75, 3.05) is 0 Å². The predicted molar refractivity (Wildman–Crippen MR) is 66.4 cm³/mol. The number of thiophene rings is 1. The summed E-state index contributed by atoms with van der Waals surface area (Å²) in [4.78, 5) is 12.3. The van der Waals surface area contributed by atoms with E-state index in [0.717, 1.165) is 35.7 Å². The molecule has 0 bridgehead atoms. The van der Waals surface area contributed by atoms with Gasteiger partial charge in [-0.05, 0) is 28.8 Å². The number of carbonyl (C=O) groups is 1. The van der Waals surface area contributed by atoms with Gasteiger partial charge in [-0.3, -0.25) is 4.79 Å². The van der Waals surface area contributed by atoms with E-state index in [-0.39, 0.29) is 5.78 Å². The first kappa shape index (κ1) is 11.3. The number of Topliss-reactive ketones (excluding diaryl/α,β-unsaturated/α-hetero) is 1. The van der Waals surface area contributed by atoms with E-state index in [1.165, 1.54) is 17.8 Å². The van der Waals surface area contributed by atoms with Gasteiger partial charge in [-0.25, -0.2) is 0 Å². The molecule has 2 rings (SSSR count). The summed E-state index contributed by atoms with van der Waals surface area (Å²) in [6.07, 6.45) is 5.01. The number of ketones is 1. The van der Waals surface area contributed by atoms with Gasteiger partial charge in [-0.2, -0.15) is 11.3 Å². The maximum Gasteiger partial charge on any atom is 0.184 e. The van der Waals surface area contributed by atoms with Crippen molar-refractivity contribution in [1.29, 1.82) is 0 Å². The van der Waals surface area contributed by atoms with Crippen LogP contribution in [0.25, 0.3) is 0 Å². The molecule has 0 atom stereocenters. The molecule has 0 aromatic carbocycles. The van der Waals surface area contributed by atoms with Gasteiger partial charge >= 0.3 is 0 Å². The summed E-state index contributed by atoms with van der Waals surface area (Å²) < 4.78 is 0.882. The Morgan fingerprint density at radius 2 is 2.00 bits per heavy atom. The lowest BCUT2D eigenvalue weighted by atomic mass is 9.78. The lowest BCUT2D eigenvalue weighted by molar-refractivity contribution is 0.0847. The predicted octanol–water partition coefficient (Wildman–Crippen LogP) is 3.35. The summed E-state index contributed by atoms with van der Waals surface area (Å²) in [7, 11) is 0. The maximum atomic E-state index is 12.3. The van der Waals surface area contributed by atoms with Crippen molar-refractivity contribution in [2.45, 2.75) is 37.6 Å². The summed E-state index contributed by atoms with van der Waals surface area (Å²) in [6, 6.07) is 0. The van der Waals surface area contributed by atoms with Crippen LogP contribution in [0.2, 0.25) is 0 Å². The van der Waals surface area contributed by atoms with Crippen LogP contribution in [-0.2, 0) is 0 Å². The molecule has 0 aliphatic heterocycles. The molecule has 1 aromatic heterocycles. The molecule has 0 unspecified atom stereocenters. The van der Waals surface area contributed by atoms with Gasteiger partial charge in [-0.15, -0.1) is 0 Å². The van der Waals surface area contributed by atoms with E-state index >= 15 is 0 Å². The first-order chi connectivity index (χ1) is 7.13. The van der Waals surface area contributed by atoms with Gasteiger partial charge in [0.2, 0.25) is 0 Å². The Morgan fingerprint density at radius 3 is 2.53 bits per heavy atom. The van der Waals surface area contributed by atoms with E-state index in [2.05, 4.69) is 15.9 Å². The Hall–Kier alpha value is -0.190. The molecule has 1 heterocycles. The average molecular weight is 288 g/mol. The van der Waals surface area contributed by atoms with Crippen LogP contribution >= 0.6 is 27.3 Å². The summed E-state index contributed by atoms with van der Waals surface area (Å²) in [6.45, 7) is 0. The number of halogens is 1. The largest absolute Gasteiger partial charge is 0.319 e. The summed E-state index contributed by atoms with van der Waals surface area (Å²) in [5, 5.41) is 3.81. The maximum absolute atomic E-state index is 12.3. The van der Waals surface area contributed by atoms with E-state index in [9.17, 15) is 4.79 Å². The molecule has 0 amide bonds. The van der Waals surface area contributed by atoms with Gasteiger partial charge in [-0.1, -0.05) is 19.3 Å². The smallest absolute Gasteiger partial charge is 0.184 e. The second-order valence-corrected chi connectivity index (χ2v) is 5.78. The number of hydrogen-bond acceptors (Lipinski definition) is 3. The normalized spacial score (nSPS) is 20.1. The van der Waals surface area contributed by atoms with Gasteiger partial charge in [0.05, 0.1) is 5.54 Å². The van der Waals surface area contributed by atoms with Crippen molar-refractivity contribution in [2.24, 2.45) is 5.73 Å². The van der Waals surface area contributed by atoms with Crippen LogP contribution in [0.4, 0.5) is 0 Å². The van der Waals surface area contributed by atoms with Crippen molar-refractivity contribution in [3.8, 4) is 0 Å². The molecule has 0 saturated heterocycles. The van der Waals surface area contributed by atoms with Crippen molar-refractivity contribution in [3.63, 3.8) is 0 Å². The van der Waals surface area contributed by atoms with Crippen molar-refractivity contribution in [3.05, 3.63) is 20.8 Å². The monoisotopic (exact) mass is 287 g/mol. The van der Waals surface area contributed by atoms with E-state index in [1.54, 1.807) is 0 Å². The van der Waals surface area contributed by atoms with Gasteiger partial charge in [0.15, 0.2) is 5.78 Å². The number of carbonyl (C=O) groups excluding carboxylic acids is 1. The molecule has 15 heavy (non-hydrogen) atoms. The Kier molecular flexibility index (Phi) is 3.28. The van der Waals surface area contributed by atoms with Gasteiger partial charge in [0.1, 0.15) is 0 Å².